The van der Waals surface area contributed by atoms with Gasteiger partial charge in [0.15, 0.2) is 0 Å². The Bertz CT molecular complexity index is 154. The molecule has 2 nitrogen and oxygen atoms in total. The lowest BCUT2D eigenvalue weighted by molar-refractivity contribution is -0.143. The number of hydrogen-bond donors (Lipinski definition) is 1. The first-order valence-corrected chi connectivity index (χ1v) is 4.39. The van der Waals surface area contributed by atoms with Crippen LogP contribution in [0.3, 0.4) is 0 Å². The van der Waals surface area contributed by atoms with Gasteiger partial charge in [0.05, 0.1) is 13.0 Å². The van der Waals surface area contributed by atoms with Gasteiger partial charge in [-0.3, -0.25) is 0 Å². The third-order valence-corrected chi connectivity index (χ3v) is 2.27. The third kappa shape index (κ3) is 3.95. The van der Waals surface area contributed by atoms with E-state index in [1.54, 1.807) is 0 Å². The molecule has 0 aliphatic carbocycles. The van der Waals surface area contributed by atoms with Gasteiger partial charge >= 0.3 is 6.18 Å². The molecule has 0 aromatic rings. The molecular weight excluding hydrogens is 183 g/mol. The fourth-order valence-electron chi connectivity index (χ4n) is 1.54. The standard InChI is InChI=1S/C8H14F3NO/c9-8(10,11)4-7(12)6-2-1-3-13-5-6/h6-7H,1-5,12H2/t6?,7-/m0/s1. The Balaban J connectivity index is 2.33. The predicted octanol–water partition coefficient (Wildman–Crippen LogP) is 1.69. The van der Waals surface area contributed by atoms with E-state index in [1.807, 2.05) is 0 Å². The van der Waals surface area contributed by atoms with E-state index in [9.17, 15) is 13.2 Å². The number of halogens is 3. The van der Waals surface area contributed by atoms with Crippen molar-refractivity contribution in [3.8, 4) is 0 Å². The molecule has 1 fully saturated rings. The van der Waals surface area contributed by atoms with E-state index in [4.69, 9.17) is 10.5 Å². The molecule has 0 amide bonds. The van der Waals surface area contributed by atoms with Crippen molar-refractivity contribution in [3.05, 3.63) is 0 Å². The van der Waals surface area contributed by atoms with Crippen LogP contribution in [0, 0.1) is 5.92 Å². The first kappa shape index (κ1) is 10.8. The summed E-state index contributed by atoms with van der Waals surface area (Å²) in [7, 11) is 0. The minimum atomic E-state index is -4.16. The lowest BCUT2D eigenvalue weighted by Gasteiger charge is -2.27. The monoisotopic (exact) mass is 197 g/mol. The second-order valence-corrected chi connectivity index (χ2v) is 3.46. The molecular formula is C8H14F3NO. The van der Waals surface area contributed by atoms with Gasteiger partial charge in [0.25, 0.3) is 0 Å². The van der Waals surface area contributed by atoms with Crippen LogP contribution in [0.1, 0.15) is 19.3 Å². The van der Waals surface area contributed by atoms with Crippen LogP contribution in [-0.2, 0) is 4.74 Å². The number of hydrogen-bond acceptors (Lipinski definition) is 2. The largest absolute Gasteiger partial charge is 0.390 e. The Kier molecular flexibility index (Phi) is 3.55. The number of nitrogens with two attached hydrogens (primary N) is 1. The summed E-state index contributed by atoms with van der Waals surface area (Å²) in [6, 6.07) is -0.805. The predicted molar refractivity (Wildman–Crippen MR) is 42.2 cm³/mol. The molecule has 2 N–H and O–H groups in total. The van der Waals surface area contributed by atoms with Gasteiger partial charge in [-0.15, -0.1) is 0 Å². The second kappa shape index (κ2) is 4.28. The van der Waals surface area contributed by atoms with Crippen LogP contribution in [0.4, 0.5) is 13.2 Å². The van der Waals surface area contributed by atoms with E-state index in [0.29, 0.717) is 13.2 Å². The Hall–Kier alpha value is -0.290. The molecule has 13 heavy (non-hydrogen) atoms. The second-order valence-electron chi connectivity index (χ2n) is 3.46. The van der Waals surface area contributed by atoms with Crippen molar-refractivity contribution < 1.29 is 17.9 Å². The zero-order valence-corrected chi connectivity index (χ0v) is 7.31. The van der Waals surface area contributed by atoms with Gasteiger partial charge < -0.3 is 10.5 Å². The molecule has 0 spiro atoms. The lowest BCUT2D eigenvalue weighted by atomic mass is 9.92. The molecule has 0 saturated carbocycles. The molecule has 1 unspecified atom stereocenters. The molecule has 5 heteroatoms. The van der Waals surface area contributed by atoms with Crippen molar-refractivity contribution in [1.82, 2.24) is 0 Å². The molecule has 2 atom stereocenters. The highest BCUT2D eigenvalue weighted by molar-refractivity contribution is 4.77. The highest BCUT2D eigenvalue weighted by atomic mass is 19.4. The summed E-state index contributed by atoms with van der Waals surface area (Å²) in [6.07, 6.45) is -3.49. The fraction of sp³-hybridized carbons (Fsp3) is 1.00. The van der Waals surface area contributed by atoms with Crippen LogP contribution in [-0.4, -0.2) is 25.4 Å². The molecule has 1 saturated heterocycles. The summed E-state index contributed by atoms with van der Waals surface area (Å²) in [4.78, 5) is 0. The Morgan fingerprint density at radius 3 is 2.62 bits per heavy atom. The van der Waals surface area contributed by atoms with E-state index in [-0.39, 0.29) is 5.92 Å². The van der Waals surface area contributed by atoms with Crippen LogP contribution in [0.15, 0.2) is 0 Å². The van der Waals surface area contributed by atoms with Crippen LogP contribution in [0.5, 0.6) is 0 Å². The van der Waals surface area contributed by atoms with Gasteiger partial charge in [0.1, 0.15) is 0 Å². The highest BCUT2D eigenvalue weighted by Gasteiger charge is 2.34. The maximum absolute atomic E-state index is 11.9. The normalized spacial score (nSPS) is 27.2. The van der Waals surface area contributed by atoms with E-state index < -0.39 is 18.6 Å². The molecule has 1 aliphatic rings. The summed E-state index contributed by atoms with van der Waals surface area (Å²) in [5, 5.41) is 0. The molecule has 0 aromatic heterocycles. The van der Waals surface area contributed by atoms with Crippen molar-refractivity contribution >= 4 is 0 Å². The smallest absolute Gasteiger partial charge is 0.381 e. The SMILES string of the molecule is N[C@@H](CC(F)(F)F)C1CCCOC1. The van der Waals surface area contributed by atoms with Crippen molar-refractivity contribution in [2.45, 2.75) is 31.5 Å². The Morgan fingerprint density at radius 2 is 2.15 bits per heavy atom. The molecule has 0 radical (unpaired) electrons. The molecule has 1 heterocycles. The first-order valence-electron chi connectivity index (χ1n) is 4.39. The van der Waals surface area contributed by atoms with Gasteiger partial charge in [-0.25, -0.2) is 0 Å². The number of rotatable bonds is 2. The maximum atomic E-state index is 11.9. The molecule has 0 aromatic carbocycles. The average molecular weight is 197 g/mol. The summed E-state index contributed by atoms with van der Waals surface area (Å²) in [5.41, 5.74) is 5.43. The van der Waals surface area contributed by atoms with Gasteiger partial charge in [-0.2, -0.15) is 13.2 Å². The van der Waals surface area contributed by atoms with Crippen molar-refractivity contribution in [1.29, 1.82) is 0 Å². The lowest BCUT2D eigenvalue weighted by Crippen LogP contribution is -2.39. The van der Waals surface area contributed by atoms with E-state index in [0.717, 1.165) is 12.8 Å². The van der Waals surface area contributed by atoms with Crippen LogP contribution in [0.2, 0.25) is 0 Å². The number of ether oxygens (including phenoxy) is 1. The topological polar surface area (TPSA) is 35.2 Å². The van der Waals surface area contributed by atoms with Gasteiger partial charge in [-0.05, 0) is 18.8 Å². The molecule has 1 rings (SSSR count). The van der Waals surface area contributed by atoms with E-state index in [1.165, 1.54) is 0 Å². The molecule has 0 bridgehead atoms. The molecule has 1 aliphatic heterocycles. The van der Waals surface area contributed by atoms with Crippen LogP contribution in [0.25, 0.3) is 0 Å². The van der Waals surface area contributed by atoms with Crippen LogP contribution < -0.4 is 5.73 Å². The summed E-state index contributed by atoms with van der Waals surface area (Å²) in [5.74, 6) is -0.129. The first-order chi connectivity index (χ1) is 5.99. The van der Waals surface area contributed by atoms with Gasteiger partial charge in [0.2, 0.25) is 0 Å². The third-order valence-electron chi connectivity index (χ3n) is 2.27. The van der Waals surface area contributed by atoms with E-state index >= 15 is 0 Å². The summed E-state index contributed by atoms with van der Waals surface area (Å²) in [6.45, 7) is 1.02. The molecule has 78 valence electrons. The summed E-state index contributed by atoms with van der Waals surface area (Å²) >= 11 is 0. The average Bonchev–Trinajstić information content (AvgIpc) is 2.03. The quantitative estimate of drug-likeness (QED) is 0.731. The zero-order chi connectivity index (χ0) is 9.90. The van der Waals surface area contributed by atoms with Crippen LogP contribution >= 0.6 is 0 Å². The van der Waals surface area contributed by atoms with Crippen molar-refractivity contribution in [2.75, 3.05) is 13.2 Å². The minimum absolute atomic E-state index is 0.129. The van der Waals surface area contributed by atoms with Crippen molar-refractivity contribution in [3.63, 3.8) is 0 Å². The minimum Gasteiger partial charge on any atom is -0.381 e. The Labute approximate surface area is 75.2 Å². The number of alkyl halides is 3. The Morgan fingerprint density at radius 1 is 1.46 bits per heavy atom. The fourth-order valence-corrected chi connectivity index (χ4v) is 1.54. The highest BCUT2D eigenvalue weighted by Crippen LogP contribution is 2.26. The zero-order valence-electron chi connectivity index (χ0n) is 7.31. The van der Waals surface area contributed by atoms with E-state index in [2.05, 4.69) is 0 Å². The van der Waals surface area contributed by atoms with Gasteiger partial charge in [-0.1, -0.05) is 0 Å². The van der Waals surface area contributed by atoms with Crippen molar-refractivity contribution in [2.24, 2.45) is 11.7 Å². The summed E-state index contributed by atoms with van der Waals surface area (Å²) < 4.78 is 40.9. The van der Waals surface area contributed by atoms with Gasteiger partial charge in [0, 0.05) is 12.6 Å². The maximum Gasteiger partial charge on any atom is 0.390 e.